The highest BCUT2D eigenvalue weighted by molar-refractivity contribution is 5.92. The average Bonchev–Trinajstić information content (AvgIpc) is 3.25. The van der Waals surface area contributed by atoms with Crippen molar-refractivity contribution in [3.8, 4) is 0 Å². The van der Waals surface area contributed by atoms with Gasteiger partial charge in [0.15, 0.2) is 5.78 Å². The van der Waals surface area contributed by atoms with E-state index >= 15 is 0 Å². The molecule has 3 saturated carbocycles. The first-order valence-electron chi connectivity index (χ1n) is 11.9. The topological polar surface area (TPSA) is 57.5 Å². The third kappa shape index (κ3) is 4.16. The Morgan fingerprint density at radius 3 is 2.77 bits per heavy atom. The van der Waals surface area contributed by atoms with Gasteiger partial charge in [-0.2, -0.15) is 0 Å². The first-order chi connectivity index (χ1) is 14.3. The molecule has 3 nitrogen and oxygen atoms in total. The van der Waals surface area contributed by atoms with E-state index < -0.39 is 12.2 Å². The maximum Gasteiger partial charge on any atom is 0.155 e. The molecule has 30 heavy (non-hydrogen) atoms. The maximum atomic E-state index is 11.6. The van der Waals surface area contributed by atoms with E-state index in [0.717, 1.165) is 30.4 Å². The minimum absolute atomic E-state index is 0.308. The molecule has 4 aliphatic rings. The molecule has 1 unspecified atom stereocenters. The minimum Gasteiger partial charge on any atom is -0.393 e. The summed E-state index contributed by atoms with van der Waals surface area (Å²) in [6.45, 7) is 8.96. The molecule has 0 saturated heterocycles. The van der Waals surface area contributed by atoms with E-state index in [2.05, 4.69) is 32.6 Å². The smallest absolute Gasteiger partial charge is 0.155 e. The van der Waals surface area contributed by atoms with Crippen LogP contribution in [0.5, 0.6) is 0 Å². The van der Waals surface area contributed by atoms with Crippen LogP contribution in [0.4, 0.5) is 0 Å². The zero-order chi connectivity index (χ0) is 21.5. The van der Waals surface area contributed by atoms with E-state index in [1.165, 1.54) is 31.3 Å². The highest BCUT2D eigenvalue weighted by atomic mass is 16.3. The first kappa shape index (κ1) is 21.8. The predicted molar refractivity (Wildman–Crippen MR) is 121 cm³/mol. The van der Waals surface area contributed by atoms with Crippen LogP contribution >= 0.6 is 0 Å². The highest BCUT2D eigenvalue weighted by Crippen LogP contribution is 2.60. The Labute approximate surface area is 181 Å². The summed E-state index contributed by atoms with van der Waals surface area (Å²) in [4.78, 5) is 11.6. The summed E-state index contributed by atoms with van der Waals surface area (Å²) in [7, 11) is 0. The number of allylic oxidation sites excluding steroid dienone is 5. The quantitative estimate of drug-likeness (QED) is 0.648. The van der Waals surface area contributed by atoms with Crippen molar-refractivity contribution in [1.82, 2.24) is 0 Å². The third-order valence-corrected chi connectivity index (χ3v) is 8.63. The Morgan fingerprint density at radius 1 is 1.23 bits per heavy atom. The van der Waals surface area contributed by atoms with Crippen molar-refractivity contribution in [1.29, 1.82) is 0 Å². The van der Waals surface area contributed by atoms with Crippen LogP contribution in [-0.4, -0.2) is 28.2 Å². The second-order valence-corrected chi connectivity index (χ2v) is 10.6. The van der Waals surface area contributed by atoms with Crippen LogP contribution in [-0.2, 0) is 4.79 Å². The van der Waals surface area contributed by atoms with Crippen LogP contribution < -0.4 is 0 Å². The number of carbonyl (C=O) groups excluding carboxylic acids is 1. The number of fused-ring (bicyclic) bond motifs is 1. The second-order valence-electron chi connectivity index (χ2n) is 10.6. The molecular formula is C27H38O3. The van der Waals surface area contributed by atoms with Crippen molar-refractivity contribution in [3.63, 3.8) is 0 Å². The Bertz CT molecular complexity index is 801. The molecule has 0 aromatic rings. The second kappa shape index (κ2) is 8.59. The molecule has 0 aliphatic heterocycles. The Hall–Kier alpha value is -1.45. The fourth-order valence-corrected chi connectivity index (χ4v) is 7.05. The van der Waals surface area contributed by atoms with Crippen molar-refractivity contribution in [2.75, 3.05) is 0 Å². The molecule has 0 bridgehead atoms. The summed E-state index contributed by atoms with van der Waals surface area (Å²) in [6.07, 6.45) is 15.2. The van der Waals surface area contributed by atoms with Gasteiger partial charge in [0.25, 0.3) is 0 Å². The van der Waals surface area contributed by atoms with Crippen LogP contribution in [0.1, 0.15) is 78.1 Å². The number of hydrogen-bond donors (Lipinski definition) is 2. The van der Waals surface area contributed by atoms with E-state index in [0.29, 0.717) is 48.2 Å². The van der Waals surface area contributed by atoms with Crippen LogP contribution in [0.15, 0.2) is 47.1 Å². The van der Waals surface area contributed by atoms with Gasteiger partial charge in [-0.1, -0.05) is 43.7 Å². The molecule has 0 radical (unpaired) electrons. The zero-order valence-electron chi connectivity index (χ0n) is 18.7. The molecule has 3 heteroatoms. The van der Waals surface area contributed by atoms with Gasteiger partial charge in [-0.25, -0.2) is 0 Å². The van der Waals surface area contributed by atoms with Gasteiger partial charge in [-0.3, -0.25) is 4.79 Å². The molecule has 0 aromatic heterocycles. The molecule has 6 atom stereocenters. The first-order valence-corrected chi connectivity index (χ1v) is 11.9. The third-order valence-electron chi connectivity index (χ3n) is 8.63. The van der Waals surface area contributed by atoms with Gasteiger partial charge < -0.3 is 10.2 Å². The van der Waals surface area contributed by atoms with Gasteiger partial charge in [-0.05, 0) is 91.8 Å². The monoisotopic (exact) mass is 410 g/mol. The summed E-state index contributed by atoms with van der Waals surface area (Å²) in [5, 5.41) is 20.2. The fraction of sp³-hybridized carbons (Fsp3) is 0.667. The van der Waals surface area contributed by atoms with Gasteiger partial charge >= 0.3 is 0 Å². The number of hydrogen-bond acceptors (Lipinski definition) is 3. The van der Waals surface area contributed by atoms with E-state index in [1.54, 1.807) is 5.57 Å². The Morgan fingerprint density at radius 2 is 2.03 bits per heavy atom. The normalized spacial score (nSPS) is 40.7. The summed E-state index contributed by atoms with van der Waals surface area (Å²) in [5.74, 6) is 2.27. The number of aliphatic hydroxyl groups excluding tert-OH is 2. The fourth-order valence-electron chi connectivity index (χ4n) is 7.05. The largest absolute Gasteiger partial charge is 0.393 e. The van der Waals surface area contributed by atoms with Crippen molar-refractivity contribution in [2.24, 2.45) is 23.2 Å². The lowest BCUT2D eigenvalue weighted by molar-refractivity contribution is -0.114. The molecule has 0 heterocycles. The van der Waals surface area contributed by atoms with Crippen molar-refractivity contribution >= 4 is 5.78 Å². The average molecular weight is 411 g/mol. The summed E-state index contributed by atoms with van der Waals surface area (Å²) in [5.41, 5.74) is 5.02. The molecule has 3 fully saturated rings. The maximum absolute atomic E-state index is 11.6. The molecule has 4 aliphatic carbocycles. The molecular weight excluding hydrogens is 372 g/mol. The number of aliphatic hydroxyl groups is 2. The lowest BCUT2D eigenvalue weighted by atomic mass is 9.60. The van der Waals surface area contributed by atoms with Crippen LogP contribution in [0.3, 0.4) is 0 Å². The standard InChI is InChI=1S/C27H38O3/c1-17(13-19-6-9-22(28)14-19)24-10-11-25-20(5-4-12-27(24,25)3)7-8-21-15-23(29)16-26(30)18(21)2/h7-8,14,17,23-26,29-30H,2,4-6,9-13,15-16H2,1,3H3/t17-,23-,24-,25?,26+,27-/m1/s1. The number of ketones is 1. The molecule has 0 amide bonds. The van der Waals surface area contributed by atoms with Crippen molar-refractivity contribution in [3.05, 3.63) is 47.1 Å². The van der Waals surface area contributed by atoms with Crippen molar-refractivity contribution in [2.45, 2.75) is 90.3 Å². The van der Waals surface area contributed by atoms with Gasteiger partial charge in [0.2, 0.25) is 0 Å². The predicted octanol–water partition coefficient (Wildman–Crippen LogP) is 5.44. The summed E-state index contributed by atoms with van der Waals surface area (Å²) >= 11 is 0. The summed E-state index contributed by atoms with van der Waals surface area (Å²) in [6, 6.07) is 0. The van der Waals surface area contributed by atoms with Crippen molar-refractivity contribution < 1.29 is 15.0 Å². The van der Waals surface area contributed by atoms with E-state index in [-0.39, 0.29) is 0 Å². The van der Waals surface area contributed by atoms with Gasteiger partial charge in [-0.15, -0.1) is 0 Å². The summed E-state index contributed by atoms with van der Waals surface area (Å²) < 4.78 is 0. The Balaban J connectivity index is 1.50. The number of carbonyl (C=O) groups is 1. The Kier molecular flexibility index (Phi) is 6.23. The zero-order valence-corrected chi connectivity index (χ0v) is 18.7. The van der Waals surface area contributed by atoms with Crippen LogP contribution in [0.25, 0.3) is 0 Å². The SMILES string of the molecule is C=C1C(=CC=C2CCC[C@@]3(C)C2CC[C@@H]3[C@H](C)CC2=CC(=O)CC2)C[C@@H](O)C[C@@H]1O. The van der Waals surface area contributed by atoms with Gasteiger partial charge in [0.05, 0.1) is 12.2 Å². The van der Waals surface area contributed by atoms with Crippen LogP contribution in [0, 0.1) is 23.2 Å². The lowest BCUT2D eigenvalue weighted by Crippen LogP contribution is -2.36. The lowest BCUT2D eigenvalue weighted by Gasteiger charge is -2.44. The van der Waals surface area contributed by atoms with Gasteiger partial charge in [0.1, 0.15) is 0 Å². The molecule has 0 spiro atoms. The number of rotatable bonds is 4. The van der Waals surface area contributed by atoms with E-state index in [9.17, 15) is 15.0 Å². The minimum atomic E-state index is -0.622. The molecule has 2 N–H and O–H groups in total. The van der Waals surface area contributed by atoms with Gasteiger partial charge in [0, 0.05) is 12.8 Å². The van der Waals surface area contributed by atoms with E-state index in [4.69, 9.17) is 0 Å². The molecule has 4 rings (SSSR count). The molecule has 0 aromatic carbocycles. The molecule has 164 valence electrons. The highest BCUT2D eigenvalue weighted by Gasteiger charge is 2.50. The van der Waals surface area contributed by atoms with E-state index in [1.807, 2.05) is 6.08 Å². The van der Waals surface area contributed by atoms with Crippen LogP contribution in [0.2, 0.25) is 0 Å².